The normalized spacial score (nSPS) is 12.2. The van der Waals surface area contributed by atoms with E-state index < -0.39 is 41.3 Å². The van der Waals surface area contributed by atoms with Crippen molar-refractivity contribution < 1.29 is 95.8 Å². The van der Waals surface area contributed by atoms with Crippen molar-refractivity contribution in [3.05, 3.63) is 35.9 Å². The maximum Gasteiger partial charge on any atom is 0.408 e. The average Bonchev–Trinajstić information content (AvgIpc) is 2.50. The Bertz CT molecular complexity index is 1810. The first-order valence-corrected chi connectivity index (χ1v) is 32.1. The summed E-state index contributed by atoms with van der Waals surface area (Å²) in [5.74, 6) is -2.95. The molecule has 2 atom stereocenters. The number of aliphatic carboxylic acids is 2. The summed E-state index contributed by atoms with van der Waals surface area (Å²) in [4.78, 5) is 73.9. The zero-order valence-corrected chi connectivity index (χ0v) is 52.9. The Kier molecular flexibility index (Phi) is 59.3. The van der Waals surface area contributed by atoms with Gasteiger partial charge in [0.1, 0.15) is 18.1 Å². The second kappa shape index (κ2) is 62.6. The van der Waals surface area contributed by atoms with Crippen molar-refractivity contribution in [2.24, 2.45) is 5.41 Å². The fraction of sp³-hybridized carbons (Fsp3) is 0.812. The lowest BCUT2D eigenvalue weighted by molar-refractivity contribution is -0.157. The maximum absolute atomic E-state index is 13.5. The van der Waals surface area contributed by atoms with Crippen LogP contribution in [0.5, 0.6) is 0 Å². The summed E-state index contributed by atoms with van der Waals surface area (Å²) in [6.45, 7) is 11.3. The lowest BCUT2D eigenvalue weighted by Crippen LogP contribution is -2.48. The van der Waals surface area contributed by atoms with Crippen LogP contribution in [0.4, 0.5) is 4.79 Å². The Balaban J connectivity index is 0.0000757. The van der Waals surface area contributed by atoms with Crippen LogP contribution in [0.25, 0.3) is 0 Å². The summed E-state index contributed by atoms with van der Waals surface area (Å²) in [6, 6.07) is 8.19. The number of carbonyl (C=O) groups is 6. The van der Waals surface area contributed by atoms with Gasteiger partial charge in [0.05, 0.1) is 145 Å². The van der Waals surface area contributed by atoms with Gasteiger partial charge in [-0.1, -0.05) is 147 Å². The molecule has 1 aromatic rings. The molecule has 0 aliphatic carbocycles. The Hall–Kier alpha value is -4.60. The molecule has 0 aliphatic heterocycles. The van der Waals surface area contributed by atoms with Crippen molar-refractivity contribution in [2.45, 2.75) is 168 Å². The fourth-order valence-corrected chi connectivity index (χ4v) is 8.82. The maximum atomic E-state index is 13.5. The fourth-order valence-electron chi connectivity index (χ4n) is 8.82. The van der Waals surface area contributed by atoms with Crippen molar-refractivity contribution in [2.75, 3.05) is 165 Å². The van der Waals surface area contributed by atoms with Gasteiger partial charge in [-0.25, -0.2) is 4.79 Å². The van der Waals surface area contributed by atoms with Crippen LogP contribution in [0.2, 0.25) is 0 Å². The first kappa shape index (κ1) is 83.4. The number of carbonyl (C=O) groups excluding carboxylic acids is 4. The number of hydrogen-bond donors (Lipinski definition) is 6. The van der Waals surface area contributed by atoms with Crippen LogP contribution in [0, 0.1) is 5.41 Å². The molecule has 0 radical (unpaired) electrons. The molecule has 88 heavy (non-hydrogen) atoms. The van der Waals surface area contributed by atoms with E-state index in [1.165, 1.54) is 39.2 Å². The standard InChI is InChI=1S/C63H112N4O20.CH4/c1-3-4-5-6-7-9-12-15-21-28-63(61(73)74,29-22-16-13-10-8-11-14-20-25-58(69)70)60(72)66-31-33-77-35-37-79-39-41-81-43-45-83-47-49-85-51-53-86-52-50-84-48-46-82-44-42-80-40-38-78-36-34-76-32-30-65-59(71)56(26-27-57(68)64-2)67-62(75)87-54-55-23-18-17-19-24-55;/h17-19,23-24,56H,3-16,20-22,25-54H2,1-2H3,(H,64,68)(H,65,71)(H,66,72)(H,67,75)(H,69,70)(H,73,74);1H4/t56-,63?;/m0./s1. The third-order valence-corrected chi connectivity index (χ3v) is 13.9. The van der Waals surface area contributed by atoms with E-state index in [2.05, 4.69) is 28.2 Å². The highest BCUT2D eigenvalue weighted by Crippen LogP contribution is 2.33. The molecule has 0 aliphatic rings. The van der Waals surface area contributed by atoms with Gasteiger partial charge in [0, 0.05) is 33.0 Å². The molecule has 0 saturated carbocycles. The highest BCUT2D eigenvalue weighted by atomic mass is 16.6. The zero-order chi connectivity index (χ0) is 63.2. The molecule has 1 unspecified atom stereocenters. The molecular weight excluding hydrogens is 1140 g/mol. The number of carboxylic acid groups (broad SMARTS) is 2. The molecule has 0 saturated heterocycles. The summed E-state index contributed by atoms with van der Waals surface area (Å²) >= 11 is 0. The summed E-state index contributed by atoms with van der Waals surface area (Å²) in [5, 5.41) is 29.9. The molecular formula is C64H116N4O20. The summed E-state index contributed by atoms with van der Waals surface area (Å²) in [5.41, 5.74) is -0.654. The minimum absolute atomic E-state index is 0. The SMILES string of the molecule is C.CCCCCCCCCCCC(CCCCCCCCCCC(=O)O)(C(=O)O)C(=O)NCCOCCOCCOCCOCCOCCOCCOCCOCCOCCOCCOCCNC(=O)[C@H](CCC(=O)NC)NC(=O)OCc1ccccc1. The highest BCUT2D eigenvalue weighted by Gasteiger charge is 2.44. The van der Waals surface area contributed by atoms with E-state index in [0.717, 1.165) is 63.4 Å². The predicted octanol–water partition coefficient (Wildman–Crippen LogP) is 7.84. The van der Waals surface area contributed by atoms with Crippen molar-refractivity contribution in [3.63, 3.8) is 0 Å². The second-order valence-electron chi connectivity index (χ2n) is 20.9. The monoisotopic (exact) mass is 1260 g/mol. The number of rotatable bonds is 66. The molecule has 4 amide bonds. The number of ether oxygens (including phenoxy) is 12. The van der Waals surface area contributed by atoms with Gasteiger partial charge in [-0.15, -0.1) is 0 Å². The van der Waals surface area contributed by atoms with Crippen LogP contribution in [0.3, 0.4) is 0 Å². The average molecular weight is 1260 g/mol. The van der Waals surface area contributed by atoms with E-state index in [9.17, 15) is 33.9 Å². The van der Waals surface area contributed by atoms with Crippen molar-refractivity contribution in [3.8, 4) is 0 Å². The van der Waals surface area contributed by atoms with E-state index in [4.69, 9.17) is 61.9 Å². The van der Waals surface area contributed by atoms with Crippen LogP contribution in [0.1, 0.15) is 161 Å². The van der Waals surface area contributed by atoms with Gasteiger partial charge in [-0.3, -0.25) is 24.0 Å². The predicted molar refractivity (Wildman–Crippen MR) is 334 cm³/mol. The topological polar surface area (TPSA) is 302 Å². The van der Waals surface area contributed by atoms with Gasteiger partial charge in [-0.2, -0.15) is 0 Å². The molecule has 512 valence electrons. The van der Waals surface area contributed by atoms with E-state index >= 15 is 0 Å². The summed E-state index contributed by atoms with van der Waals surface area (Å²) in [6.07, 6.45) is 17.3. The van der Waals surface area contributed by atoms with Gasteiger partial charge < -0.3 is 88.3 Å². The van der Waals surface area contributed by atoms with Crippen LogP contribution >= 0.6 is 0 Å². The van der Waals surface area contributed by atoms with Crippen LogP contribution in [0.15, 0.2) is 30.3 Å². The highest BCUT2D eigenvalue weighted by molar-refractivity contribution is 6.01. The Morgan fingerprint density at radius 2 is 0.807 bits per heavy atom. The number of alkyl carbamates (subject to hydrolysis) is 1. The lowest BCUT2D eigenvalue weighted by Gasteiger charge is -2.28. The van der Waals surface area contributed by atoms with Gasteiger partial charge >= 0.3 is 18.0 Å². The molecule has 0 aromatic heterocycles. The molecule has 0 fully saturated rings. The largest absolute Gasteiger partial charge is 0.481 e. The van der Waals surface area contributed by atoms with Gasteiger partial charge in [-0.05, 0) is 31.2 Å². The quantitative estimate of drug-likeness (QED) is 0.0267. The zero-order valence-electron chi connectivity index (χ0n) is 52.9. The first-order valence-electron chi connectivity index (χ1n) is 32.1. The molecule has 1 rings (SSSR count). The molecule has 24 nitrogen and oxygen atoms in total. The second-order valence-corrected chi connectivity index (χ2v) is 20.9. The smallest absolute Gasteiger partial charge is 0.408 e. The third-order valence-electron chi connectivity index (χ3n) is 13.9. The van der Waals surface area contributed by atoms with Crippen LogP contribution < -0.4 is 21.3 Å². The van der Waals surface area contributed by atoms with Crippen molar-refractivity contribution in [1.29, 1.82) is 0 Å². The van der Waals surface area contributed by atoms with E-state index in [-0.39, 0.29) is 65.5 Å². The summed E-state index contributed by atoms with van der Waals surface area (Å²) in [7, 11) is 1.50. The van der Waals surface area contributed by atoms with Gasteiger partial charge in [0.2, 0.25) is 17.7 Å². The van der Waals surface area contributed by atoms with E-state index in [1.54, 1.807) is 0 Å². The van der Waals surface area contributed by atoms with E-state index in [1.807, 2.05) is 30.3 Å². The third kappa shape index (κ3) is 51.2. The van der Waals surface area contributed by atoms with Crippen LogP contribution in [-0.4, -0.2) is 217 Å². The van der Waals surface area contributed by atoms with E-state index in [0.29, 0.717) is 164 Å². The molecule has 0 bridgehead atoms. The number of amides is 4. The molecule has 24 heteroatoms. The van der Waals surface area contributed by atoms with Crippen molar-refractivity contribution in [1.82, 2.24) is 21.3 Å². The molecule has 0 spiro atoms. The number of benzene rings is 1. The minimum atomic E-state index is -1.46. The molecule has 0 heterocycles. The van der Waals surface area contributed by atoms with Gasteiger partial charge in [0.25, 0.3) is 0 Å². The minimum Gasteiger partial charge on any atom is -0.481 e. The Morgan fingerprint density at radius 3 is 1.17 bits per heavy atom. The number of nitrogens with one attached hydrogen (secondary N) is 4. The number of carboxylic acids is 2. The molecule has 1 aromatic carbocycles. The number of unbranched alkanes of at least 4 members (excludes halogenated alkanes) is 15. The Morgan fingerprint density at radius 1 is 0.455 bits per heavy atom. The lowest BCUT2D eigenvalue weighted by atomic mass is 9.76. The Labute approximate surface area is 526 Å². The van der Waals surface area contributed by atoms with Crippen LogP contribution in [-0.2, 0) is 87.4 Å². The van der Waals surface area contributed by atoms with Gasteiger partial charge in [0.15, 0.2) is 0 Å². The first-order chi connectivity index (χ1) is 42.5. The van der Waals surface area contributed by atoms with Crippen molar-refractivity contribution >= 4 is 35.8 Å². The number of hydrogen-bond acceptors (Lipinski definition) is 18. The molecule has 6 N–H and O–H groups in total. The summed E-state index contributed by atoms with van der Waals surface area (Å²) < 4.78 is 66.3.